The van der Waals surface area contributed by atoms with Crippen molar-refractivity contribution >= 4 is 11.7 Å². The first-order valence-corrected chi connectivity index (χ1v) is 5.84. The normalized spacial score (nSPS) is 10.2. The van der Waals surface area contributed by atoms with Crippen LogP contribution in [0.2, 0.25) is 0 Å². The maximum atomic E-state index is 11.0. The van der Waals surface area contributed by atoms with Gasteiger partial charge in [0.25, 0.3) is 0 Å². The molecule has 0 aliphatic carbocycles. The predicted molar refractivity (Wildman–Crippen MR) is 70.6 cm³/mol. The summed E-state index contributed by atoms with van der Waals surface area (Å²) in [5.41, 5.74) is 1.07. The number of aromatic nitrogens is 2. The summed E-state index contributed by atoms with van der Waals surface area (Å²) in [5.74, 6) is -0.612. The molecule has 19 heavy (non-hydrogen) atoms. The second-order valence-corrected chi connectivity index (χ2v) is 3.98. The molecule has 0 bridgehead atoms. The quantitative estimate of drug-likeness (QED) is 0.772. The molecule has 0 amide bonds. The Hall–Kier alpha value is -2.50. The van der Waals surface area contributed by atoms with Gasteiger partial charge >= 0.3 is 5.97 Å². The average Bonchev–Trinajstić information content (AvgIpc) is 2.81. The molecule has 0 radical (unpaired) electrons. The Balaban J connectivity index is 1.84. The molecule has 0 spiro atoms. The van der Waals surface area contributed by atoms with Gasteiger partial charge in [-0.2, -0.15) is 5.10 Å². The van der Waals surface area contributed by atoms with Gasteiger partial charge in [0.05, 0.1) is 11.9 Å². The van der Waals surface area contributed by atoms with Crippen LogP contribution in [0.1, 0.15) is 10.4 Å². The van der Waals surface area contributed by atoms with Crippen molar-refractivity contribution in [3.63, 3.8) is 0 Å². The van der Waals surface area contributed by atoms with Crippen LogP contribution >= 0.6 is 0 Å². The molecule has 6 heteroatoms. The number of rotatable bonds is 6. The monoisotopic (exact) mass is 261 g/mol. The number of aromatic carboxylic acids is 1. The lowest BCUT2D eigenvalue weighted by atomic mass is 10.2. The number of aryl methyl sites for hydroxylation is 1. The number of carbonyl (C=O) groups is 1. The highest BCUT2D eigenvalue weighted by molar-refractivity contribution is 5.90. The van der Waals surface area contributed by atoms with E-state index in [0.29, 0.717) is 18.9 Å². The molecule has 0 atom stereocenters. The van der Waals surface area contributed by atoms with E-state index in [-0.39, 0.29) is 5.56 Å². The summed E-state index contributed by atoms with van der Waals surface area (Å²) in [4.78, 5) is 11.0. The highest BCUT2D eigenvalue weighted by Crippen LogP contribution is 2.17. The fraction of sp³-hybridized carbons (Fsp3) is 0.231. The lowest BCUT2D eigenvalue weighted by molar-refractivity contribution is 0.0692. The van der Waals surface area contributed by atoms with Crippen LogP contribution < -0.4 is 10.1 Å². The second kappa shape index (κ2) is 5.90. The second-order valence-electron chi connectivity index (χ2n) is 3.98. The standard InChI is InChI=1S/C13H15N3O3/c1-16-9-10(8-15-16)14-6-7-19-12-5-3-2-4-11(12)13(17)18/h2-5,8-9,14H,6-7H2,1H3,(H,17,18). The molecule has 0 saturated heterocycles. The Morgan fingerprint density at radius 1 is 1.47 bits per heavy atom. The van der Waals surface area contributed by atoms with Gasteiger partial charge in [-0.15, -0.1) is 0 Å². The van der Waals surface area contributed by atoms with Gasteiger partial charge in [0, 0.05) is 19.8 Å². The SMILES string of the molecule is Cn1cc(NCCOc2ccccc2C(=O)O)cn1. The first-order valence-electron chi connectivity index (χ1n) is 5.84. The molecule has 1 aromatic carbocycles. The van der Waals surface area contributed by atoms with Crippen molar-refractivity contribution in [3.8, 4) is 5.75 Å². The summed E-state index contributed by atoms with van der Waals surface area (Å²) in [7, 11) is 1.84. The third-order valence-electron chi connectivity index (χ3n) is 2.51. The van der Waals surface area contributed by atoms with Gasteiger partial charge in [0.15, 0.2) is 0 Å². The molecule has 0 aliphatic heterocycles. The van der Waals surface area contributed by atoms with Crippen LogP contribution in [0.5, 0.6) is 5.75 Å². The number of nitrogens with one attached hydrogen (secondary N) is 1. The molecule has 0 saturated carbocycles. The Labute approximate surface area is 110 Å². The topological polar surface area (TPSA) is 76.4 Å². The number of para-hydroxylation sites is 1. The molecule has 2 aromatic rings. The molecule has 2 rings (SSSR count). The Morgan fingerprint density at radius 3 is 2.95 bits per heavy atom. The van der Waals surface area contributed by atoms with Crippen LogP contribution in [0.25, 0.3) is 0 Å². The number of nitrogens with zero attached hydrogens (tertiary/aromatic N) is 2. The number of carboxylic acid groups (broad SMARTS) is 1. The zero-order valence-corrected chi connectivity index (χ0v) is 10.5. The fourth-order valence-corrected chi connectivity index (χ4v) is 1.64. The maximum Gasteiger partial charge on any atom is 0.339 e. The van der Waals surface area contributed by atoms with Crippen molar-refractivity contribution in [1.29, 1.82) is 0 Å². The largest absolute Gasteiger partial charge is 0.491 e. The predicted octanol–water partition coefficient (Wildman–Crippen LogP) is 1.61. The van der Waals surface area contributed by atoms with Crippen LogP contribution in [-0.2, 0) is 7.05 Å². The van der Waals surface area contributed by atoms with Crippen molar-refractivity contribution in [2.75, 3.05) is 18.5 Å². The lowest BCUT2D eigenvalue weighted by Crippen LogP contribution is -2.12. The highest BCUT2D eigenvalue weighted by Gasteiger charge is 2.09. The van der Waals surface area contributed by atoms with E-state index in [9.17, 15) is 4.79 Å². The first kappa shape index (κ1) is 12.9. The zero-order chi connectivity index (χ0) is 13.7. The van der Waals surface area contributed by atoms with Gasteiger partial charge < -0.3 is 15.2 Å². The number of ether oxygens (including phenoxy) is 1. The minimum Gasteiger partial charge on any atom is -0.491 e. The van der Waals surface area contributed by atoms with E-state index in [0.717, 1.165) is 5.69 Å². The highest BCUT2D eigenvalue weighted by atomic mass is 16.5. The third-order valence-corrected chi connectivity index (χ3v) is 2.51. The fourth-order valence-electron chi connectivity index (χ4n) is 1.64. The summed E-state index contributed by atoms with van der Waals surface area (Å²) in [6.07, 6.45) is 3.57. The smallest absolute Gasteiger partial charge is 0.339 e. The van der Waals surface area contributed by atoms with E-state index in [4.69, 9.17) is 9.84 Å². The van der Waals surface area contributed by atoms with E-state index in [1.54, 1.807) is 29.1 Å². The van der Waals surface area contributed by atoms with Gasteiger partial charge in [-0.3, -0.25) is 4.68 Å². The Bertz CT molecular complexity index is 566. The molecule has 6 nitrogen and oxygen atoms in total. The first-order chi connectivity index (χ1) is 9.16. The van der Waals surface area contributed by atoms with Gasteiger partial charge in [-0.1, -0.05) is 12.1 Å². The molecular formula is C13H15N3O3. The molecular weight excluding hydrogens is 246 g/mol. The Morgan fingerprint density at radius 2 is 2.26 bits per heavy atom. The van der Waals surface area contributed by atoms with Crippen LogP contribution in [0.15, 0.2) is 36.7 Å². The van der Waals surface area contributed by atoms with Crippen LogP contribution in [-0.4, -0.2) is 34.0 Å². The lowest BCUT2D eigenvalue weighted by Gasteiger charge is -2.09. The minimum absolute atomic E-state index is 0.170. The van der Waals surface area contributed by atoms with Gasteiger partial charge in [-0.05, 0) is 12.1 Å². The number of anilines is 1. The van der Waals surface area contributed by atoms with Crippen LogP contribution in [0.3, 0.4) is 0 Å². The van der Waals surface area contributed by atoms with Gasteiger partial charge in [0.2, 0.25) is 0 Å². The molecule has 2 N–H and O–H groups in total. The number of hydrogen-bond donors (Lipinski definition) is 2. The Kier molecular flexibility index (Phi) is 4.02. The number of hydrogen-bond acceptors (Lipinski definition) is 4. The van der Waals surface area contributed by atoms with Gasteiger partial charge in [0.1, 0.15) is 17.9 Å². The van der Waals surface area contributed by atoms with E-state index >= 15 is 0 Å². The molecule has 1 aromatic heterocycles. The van der Waals surface area contributed by atoms with Crippen molar-refractivity contribution in [1.82, 2.24) is 9.78 Å². The van der Waals surface area contributed by atoms with Crippen molar-refractivity contribution in [2.45, 2.75) is 0 Å². The van der Waals surface area contributed by atoms with Crippen molar-refractivity contribution in [3.05, 3.63) is 42.2 Å². The summed E-state index contributed by atoms with van der Waals surface area (Å²) in [6.45, 7) is 0.943. The van der Waals surface area contributed by atoms with E-state index in [1.165, 1.54) is 6.07 Å². The van der Waals surface area contributed by atoms with E-state index in [2.05, 4.69) is 10.4 Å². The molecule has 0 fully saturated rings. The summed E-state index contributed by atoms with van der Waals surface area (Å²) >= 11 is 0. The summed E-state index contributed by atoms with van der Waals surface area (Å²) in [6, 6.07) is 6.58. The molecule has 0 aliphatic rings. The zero-order valence-electron chi connectivity index (χ0n) is 10.5. The molecule has 1 heterocycles. The summed E-state index contributed by atoms with van der Waals surface area (Å²) < 4.78 is 7.15. The summed E-state index contributed by atoms with van der Waals surface area (Å²) in [5, 5.41) is 16.2. The van der Waals surface area contributed by atoms with Crippen LogP contribution in [0, 0.1) is 0 Å². The molecule has 0 unspecified atom stereocenters. The third kappa shape index (κ3) is 3.48. The molecule has 100 valence electrons. The number of carboxylic acids is 1. The van der Waals surface area contributed by atoms with Crippen molar-refractivity contribution < 1.29 is 14.6 Å². The van der Waals surface area contributed by atoms with Crippen molar-refractivity contribution in [2.24, 2.45) is 7.05 Å². The maximum absolute atomic E-state index is 11.0. The van der Waals surface area contributed by atoms with E-state index < -0.39 is 5.97 Å². The van der Waals surface area contributed by atoms with E-state index in [1.807, 2.05) is 13.2 Å². The van der Waals surface area contributed by atoms with Crippen LogP contribution in [0.4, 0.5) is 5.69 Å². The minimum atomic E-state index is -0.990. The van der Waals surface area contributed by atoms with Gasteiger partial charge in [-0.25, -0.2) is 4.79 Å². The average molecular weight is 261 g/mol. The number of benzene rings is 1.